The van der Waals surface area contributed by atoms with E-state index in [-0.39, 0.29) is 5.57 Å². The second-order valence-corrected chi connectivity index (χ2v) is 3.12. The third-order valence-corrected chi connectivity index (χ3v) is 1.54. The average Bonchev–Trinajstić information content (AvgIpc) is 1.62. The van der Waals surface area contributed by atoms with E-state index in [9.17, 15) is 9.36 Å². The molecule has 0 spiro atoms. The first-order chi connectivity index (χ1) is 3.85. The Bertz CT molecular complexity index is 189. The van der Waals surface area contributed by atoms with Crippen molar-refractivity contribution in [1.29, 1.82) is 0 Å². The molecule has 0 aromatic rings. The minimum atomic E-state index is -4.55. The van der Waals surface area contributed by atoms with Crippen molar-refractivity contribution >= 4 is 13.1 Å². The zero-order valence-electron chi connectivity index (χ0n) is 4.87. The highest BCUT2D eigenvalue weighted by Crippen LogP contribution is 2.37. The van der Waals surface area contributed by atoms with Gasteiger partial charge in [0, 0.05) is 0 Å². The molecule has 5 heteroatoms. The summed E-state index contributed by atoms with van der Waals surface area (Å²) in [7, 11) is -4.55. The van der Waals surface area contributed by atoms with E-state index in [1.54, 1.807) is 0 Å². The quantitative estimate of drug-likeness (QED) is 0.437. The van der Waals surface area contributed by atoms with Gasteiger partial charge in [0.25, 0.3) is 5.52 Å². The SMILES string of the molecule is C=C(C)C(=O)P(=O)(O)O. The first kappa shape index (κ1) is 8.56. The average molecular weight is 150 g/mol. The largest absolute Gasteiger partial charge is 0.396 e. The molecule has 0 aliphatic heterocycles. The molecule has 0 unspecified atom stereocenters. The summed E-state index contributed by atoms with van der Waals surface area (Å²) >= 11 is 0. The molecule has 0 aliphatic rings. The lowest BCUT2D eigenvalue weighted by Crippen LogP contribution is -1.98. The highest BCUT2D eigenvalue weighted by atomic mass is 31.2. The van der Waals surface area contributed by atoms with E-state index in [4.69, 9.17) is 9.79 Å². The summed E-state index contributed by atoms with van der Waals surface area (Å²) in [5.41, 5.74) is -1.31. The Morgan fingerprint density at radius 2 is 1.89 bits per heavy atom. The lowest BCUT2D eigenvalue weighted by atomic mass is 10.4. The summed E-state index contributed by atoms with van der Waals surface area (Å²) in [6, 6.07) is 0. The first-order valence-corrected chi connectivity index (χ1v) is 3.73. The van der Waals surface area contributed by atoms with Gasteiger partial charge in [-0.15, -0.1) is 0 Å². The maximum atomic E-state index is 10.3. The monoisotopic (exact) mass is 150 g/mol. The van der Waals surface area contributed by atoms with Crippen LogP contribution in [0.5, 0.6) is 0 Å². The fourth-order valence-electron chi connectivity index (χ4n) is 0.249. The van der Waals surface area contributed by atoms with Gasteiger partial charge in [-0.25, -0.2) is 0 Å². The second kappa shape index (κ2) is 2.43. The van der Waals surface area contributed by atoms with Gasteiger partial charge in [0.15, 0.2) is 0 Å². The molecule has 0 aliphatic carbocycles. The van der Waals surface area contributed by atoms with Gasteiger partial charge >= 0.3 is 7.60 Å². The minimum Gasteiger partial charge on any atom is -0.319 e. The predicted molar refractivity (Wildman–Crippen MR) is 31.9 cm³/mol. The van der Waals surface area contributed by atoms with Crippen molar-refractivity contribution in [3.8, 4) is 0 Å². The van der Waals surface area contributed by atoms with Gasteiger partial charge in [0.05, 0.1) is 0 Å². The maximum Gasteiger partial charge on any atom is 0.396 e. The van der Waals surface area contributed by atoms with Crippen LogP contribution in [0.25, 0.3) is 0 Å². The van der Waals surface area contributed by atoms with Crippen LogP contribution in [0.2, 0.25) is 0 Å². The zero-order chi connectivity index (χ0) is 7.65. The van der Waals surface area contributed by atoms with Crippen molar-refractivity contribution in [2.75, 3.05) is 0 Å². The van der Waals surface area contributed by atoms with Crippen LogP contribution < -0.4 is 0 Å². The molecule has 0 atom stereocenters. The van der Waals surface area contributed by atoms with Gasteiger partial charge in [-0.2, -0.15) is 0 Å². The van der Waals surface area contributed by atoms with Gasteiger partial charge < -0.3 is 9.79 Å². The van der Waals surface area contributed by atoms with Crippen LogP contribution >= 0.6 is 7.60 Å². The molecule has 52 valence electrons. The molecule has 0 saturated carbocycles. The Labute approximate surface area is 52.4 Å². The van der Waals surface area contributed by atoms with Gasteiger partial charge in [-0.3, -0.25) is 9.36 Å². The number of carbonyl (C=O) groups excluding carboxylic acids is 1. The van der Waals surface area contributed by atoms with E-state index in [1.165, 1.54) is 6.92 Å². The summed E-state index contributed by atoms with van der Waals surface area (Å²) in [4.78, 5) is 26.6. The summed E-state index contributed by atoms with van der Waals surface area (Å²) in [5, 5.41) is 0. The summed E-state index contributed by atoms with van der Waals surface area (Å²) in [5.74, 6) is 0. The van der Waals surface area contributed by atoms with Crippen LogP contribution in [0.1, 0.15) is 6.92 Å². The van der Waals surface area contributed by atoms with E-state index in [1.807, 2.05) is 0 Å². The summed E-state index contributed by atoms with van der Waals surface area (Å²) < 4.78 is 10.1. The fourth-order valence-corrected chi connectivity index (χ4v) is 0.746. The van der Waals surface area contributed by atoms with Crippen LogP contribution in [-0.4, -0.2) is 15.3 Å². The van der Waals surface area contributed by atoms with Crippen LogP contribution in [-0.2, 0) is 9.36 Å². The van der Waals surface area contributed by atoms with Crippen molar-refractivity contribution in [2.24, 2.45) is 0 Å². The molecular formula is C4H7O4P. The molecule has 2 N–H and O–H groups in total. The topological polar surface area (TPSA) is 74.6 Å². The highest BCUT2D eigenvalue weighted by Gasteiger charge is 2.25. The lowest BCUT2D eigenvalue weighted by molar-refractivity contribution is -0.110. The van der Waals surface area contributed by atoms with Crippen molar-refractivity contribution in [3.63, 3.8) is 0 Å². The van der Waals surface area contributed by atoms with Crippen LogP contribution in [0.15, 0.2) is 12.2 Å². The summed E-state index contributed by atoms with van der Waals surface area (Å²) in [6.07, 6.45) is 0. The normalized spacial score (nSPS) is 11.0. The fraction of sp³-hybridized carbons (Fsp3) is 0.250. The smallest absolute Gasteiger partial charge is 0.319 e. The molecular weight excluding hydrogens is 143 g/mol. The Balaban J connectivity index is 4.43. The van der Waals surface area contributed by atoms with Gasteiger partial charge in [0.1, 0.15) is 0 Å². The minimum absolute atomic E-state index is 0.122. The third kappa shape index (κ3) is 2.56. The summed E-state index contributed by atoms with van der Waals surface area (Å²) in [6.45, 7) is 4.33. The Morgan fingerprint density at radius 1 is 1.56 bits per heavy atom. The van der Waals surface area contributed by atoms with E-state index in [0.29, 0.717) is 0 Å². The standard InChI is InChI=1S/C4H7O4P/c1-3(2)4(5)9(6,7)8/h1H2,2H3,(H2,6,7,8). The lowest BCUT2D eigenvalue weighted by Gasteiger charge is -1.98. The molecule has 0 amide bonds. The predicted octanol–water partition coefficient (Wildman–Crippen LogP) is 0.267. The zero-order valence-corrected chi connectivity index (χ0v) is 5.76. The molecule has 4 nitrogen and oxygen atoms in total. The number of hydrogen-bond acceptors (Lipinski definition) is 2. The molecule has 0 saturated heterocycles. The van der Waals surface area contributed by atoms with Crippen LogP contribution in [0.4, 0.5) is 0 Å². The highest BCUT2D eigenvalue weighted by molar-refractivity contribution is 7.70. The number of allylic oxidation sites excluding steroid dienone is 1. The number of carbonyl (C=O) groups is 1. The number of hydrogen-bond donors (Lipinski definition) is 2. The Hall–Kier alpha value is -0.440. The Kier molecular flexibility index (Phi) is 2.32. The molecule has 0 bridgehead atoms. The van der Waals surface area contributed by atoms with Gasteiger partial charge in [-0.05, 0) is 12.5 Å². The second-order valence-electron chi connectivity index (χ2n) is 1.63. The molecule has 0 heterocycles. The van der Waals surface area contributed by atoms with Crippen LogP contribution in [0.3, 0.4) is 0 Å². The molecule has 0 rings (SSSR count). The molecule has 0 aromatic heterocycles. The van der Waals surface area contributed by atoms with Crippen molar-refractivity contribution in [1.82, 2.24) is 0 Å². The van der Waals surface area contributed by atoms with Crippen LogP contribution in [0, 0.1) is 0 Å². The maximum absolute atomic E-state index is 10.3. The molecule has 0 fully saturated rings. The Morgan fingerprint density at radius 3 is 1.89 bits per heavy atom. The third-order valence-electron chi connectivity index (χ3n) is 0.630. The van der Waals surface area contributed by atoms with Crippen molar-refractivity contribution in [3.05, 3.63) is 12.2 Å². The first-order valence-electron chi connectivity index (χ1n) is 2.11. The molecule has 9 heavy (non-hydrogen) atoms. The van der Waals surface area contributed by atoms with E-state index in [0.717, 1.165) is 0 Å². The molecule has 0 aromatic carbocycles. The van der Waals surface area contributed by atoms with Gasteiger partial charge in [-0.1, -0.05) is 6.58 Å². The molecule has 0 radical (unpaired) electrons. The number of rotatable bonds is 2. The van der Waals surface area contributed by atoms with Gasteiger partial charge in [0.2, 0.25) is 0 Å². The van der Waals surface area contributed by atoms with Crippen molar-refractivity contribution < 1.29 is 19.1 Å². The van der Waals surface area contributed by atoms with E-state index < -0.39 is 13.1 Å². The van der Waals surface area contributed by atoms with E-state index >= 15 is 0 Å². The van der Waals surface area contributed by atoms with E-state index in [2.05, 4.69) is 6.58 Å². The van der Waals surface area contributed by atoms with Crippen molar-refractivity contribution in [2.45, 2.75) is 6.92 Å².